The third-order valence-corrected chi connectivity index (χ3v) is 2.28. The van der Waals surface area contributed by atoms with Crippen LogP contribution in [0.2, 0.25) is 5.15 Å². The Morgan fingerprint density at radius 2 is 2.13 bits per heavy atom. The van der Waals surface area contributed by atoms with Gasteiger partial charge in [0.2, 0.25) is 5.88 Å². The van der Waals surface area contributed by atoms with Crippen LogP contribution in [0.5, 0.6) is 11.6 Å². The van der Waals surface area contributed by atoms with E-state index < -0.39 is 0 Å². The molecule has 0 aliphatic heterocycles. The zero-order valence-electron chi connectivity index (χ0n) is 7.52. The van der Waals surface area contributed by atoms with Gasteiger partial charge in [-0.3, -0.25) is 4.98 Å². The van der Waals surface area contributed by atoms with Crippen molar-refractivity contribution in [1.29, 1.82) is 0 Å². The molecule has 5 heteroatoms. The van der Waals surface area contributed by atoms with E-state index in [1.54, 1.807) is 0 Å². The predicted molar refractivity (Wildman–Crippen MR) is 61.3 cm³/mol. The van der Waals surface area contributed by atoms with Crippen LogP contribution in [0, 0.1) is 0 Å². The van der Waals surface area contributed by atoms with Crippen LogP contribution < -0.4 is 4.74 Å². The zero-order valence-corrected chi connectivity index (χ0v) is 9.86. The fraction of sp³-hybridized carbons (Fsp3) is 0. The summed E-state index contributed by atoms with van der Waals surface area (Å²) in [7, 11) is 0. The third-order valence-electron chi connectivity index (χ3n) is 1.60. The lowest BCUT2D eigenvalue weighted by Crippen LogP contribution is -1.89. The van der Waals surface area contributed by atoms with Crippen molar-refractivity contribution >= 4 is 27.5 Å². The normalized spacial score (nSPS) is 10.0. The zero-order chi connectivity index (χ0) is 10.7. The molecule has 1 aromatic heterocycles. The summed E-state index contributed by atoms with van der Waals surface area (Å²) < 4.78 is 6.39. The van der Waals surface area contributed by atoms with Crippen molar-refractivity contribution < 1.29 is 4.74 Å². The minimum absolute atomic E-state index is 0.308. The van der Waals surface area contributed by atoms with Gasteiger partial charge >= 0.3 is 0 Å². The van der Waals surface area contributed by atoms with E-state index in [0.29, 0.717) is 16.8 Å². The fourth-order valence-electron chi connectivity index (χ4n) is 1.03. The Balaban J connectivity index is 2.22. The Bertz CT molecular complexity index is 435. The quantitative estimate of drug-likeness (QED) is 0.844. The summed E-state index contributed by atoms with van der Waals surface area (Å²) in [6.45, 7) is 0. The summed E-state index contributed by atoms with van der Waals surface area (Å²) in [5, 5.41) is 0.308. The summed E-state index contributed by atoms with van der Waals surface area (Å²) in [6.07, 6.45) is 2.96. The van der Waals surface area contributed by atoms with E-state index in [2.05, 4.69) is 25.9 Å². The topological polar surface area (TPSA) is 35.0 Å². The van der Waals surface area contributed by atoms with Gasteiger partial charge in [-0.05, 0) is 18.2 Å². The third kappa shape index (κ3) is 2.91. The fourth-order valence-corrected chi connectivity index (χ4v) is 1.54. The summed E-state index contributed by atoms with van der Waals surface area (Å²) >= 11 is 9.03. The van der Waals surface area contributed by atoms with Crippen LogP contribution in [0.3, 0.4) is 0 Å². The Labute approximate surface area is 100 Å². The van der Waals surface area contributed by atoms with Gasteiger partial charge in [0, 0.05) is 4.47 Å². The SMILES string of the molecule is Clc1cncc(Oc2cccc(Br)c2)n1. The van der Waals surface area contributed by atoms with Gasteiger partial charge in [-0.1, -0.05) is 33.6 Å². The van der Waals surface area contributed by atoms with Crippen LogP contribution in [0.15, 0.2) is 41.1 Å². The van der Waals surface area contributed by atoms with Crippen LogP contribution >= 0.6 is 27.5 Å². The Hall–Kier alpha value is -1.13. The highest BCUT2D eigenvalue weighted by molar-refractivity contribution is 9.10. The second kappa shape index (κ2) is 4.59. The molecule has 3 nitrogen and oxygen atoms in total. The highest BCUT2D eigenvalue weighted by atomic mass is 79.9. The molecule has 0 fully saturated rings. The van der Waals surface area contributed by atoms with E-state index in [1.807, 2.05) is 24.3 Å². The molecule has 0 spiro atoms. The number of benzene rings is 1. The summed E-state index contributed by atoms with van der Waals surface area (Å²) in [5.41, 5.74) is 0. The summed E-state index contributed by atoms with van der Waals surface area (Å²) in [5.74, 6) is 1.06. The van der Waals surface area contributed by atoms with Gasteiger partial charge in [0.25, 0.3) is 0 Å². The minimum Gasteiger partial charge on any atom is -0.437 e. The maximum absolute atomic E-state index is 5.68. The molecule has 2 rings (SSSR count). The first kappa shape index (κ1) is 10.4. The van der Waals surface area contributed by atoms with Crippen molar-refractivity contribution in [2.45, 2.75) is 0 Å². The van der Waals surface area contributed by atoms with Crippen LogP contribution in [-0.2, 0) is 0 Å². The smallest absolute Gasteiger partial charge is 0.239 e. The van der Waals surface area contributed by atoms with E-state index in [9.17, 15) is 0 Å². The molecular weight excluding hydrogens is 279 g/mol. The molecule has 15 heavy (non-hydrogen) atoms. The minimum atomic E-state index is 0.308. The lowest BCUT2D eigenvalue weighted by Gasteiger charge is -2.03. The molecule has 2 aromatic rings. The molecule has 1 aromatic carbocycles. The average molecular weight is 286 g/mol. The van der Waals surface area contributed by atoms with Gasteiger partial charge in [0.05, 0.1) is 12.4 Å². The molecule has 76 valence electrons. The van der Waals surface area contributed by atoms with Gasteiger partial charge in [-0.25, -0.2) is 0 Å². The van der Waals surface area contributed by atoms with E-state index in [4.69, 9.17) is 16.3 Å². The molecule has 0 aliphatic rings. The molecule has 1 heterocycles. The van der Waals surface area contributed by atoms with Crippen molar-refractivity contribution in [3.63, 3.8) is 0 Å². The van der Waals surface area contributed by atoms with Crippen LogP contribution in [0.1, 0.15) is 0 Å². The number of aromatic nitrogens is 2. The van der Waals surface area contributed by atoms with Crippen molar-refractivity contribution in [1.82, 2.24) is 9.97 Å². The van der Waals surface area contributed by atoms with E-state index in [0.717, 1.165) is 4.47 Å². The molecule has 0 amide bonds. The Kier molecular flexibility index (Phi) is 3.18. The predicted octanol–water partition coefficient (Wildman–Crippen LogP) is 3.68. The molecular formula is C10H6BrClN2O. The largest absolute Gasteiger partial charge is 0.437 e. The van der Waals surface area contributed by atoms with E-state index >= 15 is 0 Å². The molecule has 0 saturated heterocycles. The number of hydrogen-bond donors (Lipinski definition) is 0. The summed E-state index contributed by atoms with van der Waals surface area (Å²) in [6, 6.07) is 7.45. The van der Waals surface area contributed by atoms with Gasteiger partial charge in [-0.2, -0.15) is 4.98 Å². The standard InChI is InChI=1S/C10H6BrClN2O/c11-7-2-1-3-8(4-7)15-10-6-13-5-9(12)14-10/h1-6H. The van der Waals surface area contributed by atoms with Gasteiger partial charge < -0.3 is 4.74 Å². The average Bonchev–Trinajstić information content (AvgIpc) is 2.17. The highest BCUT2D eigenvalue weighted by Gasteiger charge is 2.00. The molecule has 0 saturated carbocycles. The molecule has 0 atom stereocenters. The number of nitrogens with zero attached hydrogens (tertiary/aromatic N) is 2. The van der Waals surface area contributed by atoms with Gasteiger partial charge in [-0.15, -0.1) is 0 Å². The number of halogens is 2. The second-order valence-electron chi connectivity index (χ2n) is 2.74. The molecule has 0 N–H and O–H groups in total. The Morgan fingerprint density at radius 1 is 1.27 bits per heavy atom. The molecule has 0 unspecified atom stereocenters. The lowest BCUT2D eigenvalue weighted by atomic mass is 10.3. The molecule has 0 radical (unpaired) electrons. The number of hydrogen-bond acceptors (Lipinski definition) is 3. The first-order chi connectivity index (χ1) is 7.24. The van der Waals surface area contributed by atoms with Crippen molar-refractivity contribution in [2.75, 3.05) is 0 Å². The van der Waals surface area contributed by atoms with Crippen molar-refractivity contribution in [3.8, 4) is 11.6 Å². The first-order valence-electron chi connectivity index (χ1n) is 4.15. The lowest BCUT2D eigenvalue weighted by molar-refractivity contribution is 0.460. The number of rotatable bonds is 2. The van der Waals surface area contributed by atoms with Crippen molar-refractivity contribution in [3.05, 3.63) is 46.3 Å². The maximum atomic E-state index is 5.68. The van der Waals surface area contributed by atoms with Crippen molar-refractivity contribution in [2.24, 2.45) is 0 Å². The maximum Gasteiger partial charge on any atom is 0.239 e. The molecule has 0 aliphatic carbocycles. The second-order valence-corrected chi connectivity index (χ2v) is 4.04. The van der Waals surface area contributed by atoms with Gasteiger partial charge in [0.15, 0.2) is 5.15 Å². The van der Waals surface area contributed by atoms with Crippen LogP contribution in [0.4, 0.5) is 0 Å². The Morgan fingerprint density at radius 3 is 2.87 bits per heavy atom. The van der Waals surface area contributed by atoms with E-state index in [1.165, 1.54) is 12.4 Å². The van der Waals surface area contributed by atoms with Crippen LogP contribution in [-0.4, -0.2) is 9.97 Å². The van der Waals surface area contributed by atoms with E-state index in [-0.39, 0.29) is 0 Å². The highest BCUT2D eigenvalue weighted by Crippen LogP contribution is 2.22. The first-order valence-corrected chi connectivity index (χ1v) is 5.32. The summed E-state index contributed by atoms with van der Waals surface area (Å²) in [4.78, 5) is 7.84. The number of ether oxygens (including phenoxy) is 1. The van der Waals surface area contributed by atoms with Crippen LogP contribution in [0.25, 0.3) is 0 Å². The van der Waals surface area contributed by atoms with Gasteiger partial charge in [0.1, 0.15) is 5.75 Å². The monoisotopic (exact) mass is 284 g/mol. The molecule has 0 bridgehead atoms.